The molecule has 5 heteroatoms. The molecule has 0 saturated carbocycles. The first-order chi connectivity index (χ1) is 9.29. The molecule has 2 fully saturated rings. The lowest BCUT2D eigenvalue weighted by molar-refractivity contribution is 0.00104. The van der Waals surface area contributed by atoms with E-state index in [4.69, 9.17) is 16.3 Å². The molecular weight excluding hydrogens is 262 g/mol. The molecule has 19 heavy (non-hydrogen) atoms. The van der Waals surface area contributed by atoms with Gasteiger partial charge in [-0.1, -0.05) is 11.6 Å². The highest BCUT2D eigenvalue weighted by atomic mass is 35.5. The monoisotopic (exact) mass is 277 g/mol. The van der Waals surface area contributed by atoms with Gasteiger partial charge in [-0.15, -0.1) is 0 Å². The molecule has 1 aromatic carbocycles. The van der Waals surface area contributed by atoms with Gasteiger partial charge in [0.2, 0.25) is 5.95 Å². The van der Waals surface area contributed by atoms with E-state index in [1.807, 2.05) is 18.2 Å². The third kappa shape index (κ3) is 1.99. The van der Waals surface area contributed by atoms with E-state index in [0.717, 1.165) is 41.7 Å². The van der Waals surface area contributed by atoms with Crippen molar-refractivity contribution in [2.24, 2.45) is 5.92 Å². The Hall–Kier alpha value is -1.26. The largest absolute Gasteiger partial charge is 0.376 e. The van der Waals surface area contributed by atoms with Crippen LogP contribution in [0.4, 0.5) is 5.95 Å². The summed E-state index contributed by atoms with van der Waals surface area (Å²) >= 11 is 6.01. The fraction of sp³-hybridized carbons (Fsp3) is 0.500. The lowest BCUT2D eigenvalue weighted by atomic mass is 9.98. The van der Waals surface area contributed by atoms with Crippen LogP contribution in [0.3, 0.4) is 0 Å². The predicted octanol–water partition coefficient (Wildman–Crippen LogP) is 2.83. The highest BCUT2D eigenvalue weighted by Crippen LogP contribution is 2.31. The zero-order valence-corrected chi connectivity index (χ0v) is 11.4. The third-order valence-corrected chi connectivity index (χ3v) is 4.40. The average Bonchev–Trinajstić information content (AvgIpc) is 3.00. The van der Waals surface area contributed by atoms with Crippen LogP contribution in [0.5, 0.6) is 0 Å². The fourth-order valence-corrected chi connectivity index (χ4v) is 3.35. The van der Waals surface area contributed by atoms with Gasteiger partial charge in [0.25, 0.3) is 0 Å². The van der Waals surface area contributed by atoms with E-state index in [0.29, 0.717) is 12.0 Å². The first-order valence-corrected chi connectivity index (χ1v) is 7.19. The Labute approximate surface area is 116 Å². The number of imidazole rings is 1. The van der Waals surface area contributed by atoms with E-state index >= 15 is 0 Å². The molecule has 0 spiro atoms. The van der Waals surface area contributed by atoms with Crippen LogP contribution in [0.15, 0.2) is 18.2 Å². The molecule has 1 aromatic heterocycles. The summed E-state index contributed by atoms with van der Waals surface area (Å²) in [5.74, 6) is 1.60. The van der Waals surface area contributed by atoms with Gasteiger partial charge in [-0.25, -0.2) is 4.98 Å². The van der Waals surface area contributed by atoms with Crippen molar-refractivity contribution in [3.8, 4) is 0 Å². The molecule has 1 N–H and O–H groups in total. The van der Waals surface area contributed by atoms with Gasteiger partial charge >= 0.3 is 0 Å². The fourth-order valence-electron chi connectivity index (χ4n) is 3.18. The Morgan fingerprint density at radius 1 is 1.37 bits per heavy atom. The van der Waals surface area contributed by atoms with Gasteiger partial charge in [0, 0.05) is 30.6 Å². The zero-order chi connectivity index (χ0) is 12.8. The van der Waals surface area contributed by atoms with E-state index in [2.05, 4.69) is 14.9 Å². The molecule has 0 bridgehead atoms. The predicted molar refractivity (Wildman–Crippen MR) is 75.8 cm³/mol. The lowest BCUT2D eigenvalue weighted by Crippen LogP contribution is -2.28. The molecule has 2 atom stereocenters. The highest BCUT2D eigenvalue weighted by molar-refractivity contribution is 6.31. The van der Waals surface area contributed by atoms with Gasteiger partial charge < -0.3 is 14.6 Å². The summed E-state index contributed by atoms with van der Waals surface area (Å²) in [4.78, 5) is 10.3. The quantitative estimate of drug-likeness (QED) is 0.871. The summed E-state index contributed by atoms with van der Waals surface area (Å²) in [6.07, 6.45) is 2.84. The Balaban J connectivity index is 1.64. The second kappa shape index (κ2) is 4.39. The van der Waals surface area contributed by atoms with E-state index in [1.54, 1.807) is 0 Å². The molecular formula is C14H16ClN3O. The van der Waals surface area contributed by atoms with Gasteiger partial charge in [0.05, 0.1) is 17.1 Å². The molecule has 2 aliphatic heterocycles. The number of aromatic nitrogens is 2. The Kier molecular flexibility index (Phi) is 2.67. The number of rotatable bonds is 1. The molecule has 2 aromatic rings. The minimum atomic E-state index is 0.380. The molecule has 100 valence electrons. The highest BCUT2D eigenvalue weighted by Gasteiger charge is 2.36. The van der Waals surface area contributed by atoms with Crippen molar-refractivity contribution in [2.75, 3.05) is 24.6 Å². The van der Waals surface area contributed by atoms with E-state index in [9.17, 15) is 0 Å². The summed E-state index contributed by atoms with van der Waals surface area (Å²) in [7, 11) is 0. The number of nitrogens with zero attached hydrogens (tertiary/aromatic N) is 2. The van der Waals surface area contributed by atoms with Crippen LogP contribution in [0.1, 0.15) is 12.8 Å². The van der Waals surface area contributed by atoms with Crippen molar-refractivity contribution >= 4 is 28.6 Å². The third-order valence-electron chi connectivity index (χ3n) is 4.16. The average molecular weight is 278 g/mol. The van der Waals surface area contributed by atoms with E-state index < -0.39 is 0 Å². The first-order valence-electron chi connectivity index (χ1n) is 6.81. The van der Waals surface area contributed by atoms with Gasteiger partial charge in [-0.2, -0.15) is 0 Å². The number of H-pyrrole nitrogens is 1. The Bertz CT molecular complexity index is 598. The topological polar surface area (TPSA) is 41.2 Å². The summed E-state index contributed by atoms with van der Waals surface area (Å²) in [6, 6.07) is 5.76. The number of aromatic amines is 1. The Morgan fingerprint density at radius 2 is 2.32 bits per heavy atom. The molecule has 4 nitrogen and oxygen atoms in total. The van der Waals surface area contributed by atoms with E-state index in [1.165, 1.54) is 12.8 Å². The molecule has 0 unspecified atom stereocenters. The van der Waals surface area contributed by atoms with Crippen molar-refractivity contribution in [3.05, 3.63) is 23.2 Å². The maximum absolute atomic E-state index is 6.01. The second-order valence-corrected chi connectivity index (χ2v) is 5.87. The molecule has 0 radical (unpaired) electrons. The molecule has 2 saturated heterocycles. The van der Waals surface area contributed by atoms with E-state index in [-0.39, 0.29) is 0 Å². The van der Waals surface area contributed by atoms with Crippen LogP contribution in [0.2, 0.25) is 5.02 Å². The number of benzene rings is 1. The number of nitrogens with one attached hydrogen (secondary N) is 1. The van der Waals surface area contributed by atoms with Gasteiger partial charge in [-0.3, -0.25) is 0 Å². The van der Waals surface area contributed by atoms with Gasteiger partial charge in [-0.05, 0) is 31.0 Å². The first kappa shape index (κ1) is 11.6. The molecule has 0 amide bonds. The van der Waals surface area contributed by atoms with Crippen molar-refractivity contribution in [2.45, 2.75) is 18.9 Å². The molecule has 4 rings (SSSR count). The summed E-state index contributed by atoms with van der Waals surface area (Å²) in [5, 5.41) is 0.737. The summed E-state index contributed by atoms with van der Waals surface area (Å²) in [6.45, 7) is 2.89. The smallest absolute Gasteiger partial charge is 0.203 e. The maximum Gasteiger partial charge on any atom is 0.203 e. The number of ether oxygens (including phenoxy) is 1. The number of anilines is 1. The minimum Gasteiger partial charge on any atom is -0.376 e. The van der Waals surface area contributed by atoms with Crippen LogP contribution in [0.25, 0.3) is 11.0 Å². The number of hydrogen-bond acceptors (Lipinski definition) is 3. The van der Waals surface area contributed by atoms with Crippen LogP contribution < -0.4 is 4.90 Å². The zero-order valence-electron chi connectivity index (χ0n) is 10.6. The van der Waals surface area contributed by atoms with Crippen molar-refractivity contribution in [3.63, 3.8) is 0 Å². The van der Waals surface area contributed by atoms with Crippen LogP contribution in [0, 0.1) is 5.92 Å². The van der Waals surface area contributed by atoms with Crippen LogP contribution >= 0.6 is 11.6 Å². The van der Waals surface area contributed by atoms with Gasteiger partial charge in [0.1, 0.15) is 0 Å². The standard InChI is InChI=1S/C14H16ClN3O/c15-10-3-4-11-12(6-10)17-14(16-11)18-7-9-2-1-5-19-13(9)8-18/h3-4,6,9,13H,1-2,5,7-8H2,(H,16,17)/t9-,13+/m0/s1. The summed E-state index contributed by atoms with van der Waals surface area (Å²) < 4.78 is 5.84. The minimum absolute atomic E-state index is 0.380. The van der Waals surface area contributed by atoms with Crippen LogP contribution in [-0.4, -0.2) is 35.8 Å². The van der Waals surface area contributed by atoms with Crippen molar-refractivity contribution in [1.82, 2.24) is 9.97 Å². The molecule has 0 aliphatic carbocycles. The maximum atomic E-state index is 6.01. The van der Waals surface area contributed by atoms with Crippen molar-refractivity contribution in [1.29, 1.82) is 0 Å². The normalized spacial score (nSPS) is 26.9. The van der Waals surface area contributed by atoms with Gasteiger partial charge in [0.15, 0.2) is 0 Å². The van der Waals surface area contributed by atoms with Crippen molar-refractivity contribution < 1.29 is 4.74 Å². The SMILES string of the molecule is Clc1ccc2nc(N3C[C@@H]4CCCO[C@@H]4C3)[nH]c2c1. The number of halogens is 1. The Morgan fingerprint density at radius 3 is 3.21 bits per heavy atom. The second-order valence-electron chi connectivity index (χ2n) is 5.44. The van der Waals surface area contributed by atoms with Crippen LogP contribution in [-0.2, 0) is 4.74 Å². The summed E-state index contributed by atoms with van der Waals surface area (Å²) in [5.41, 5.74) is 1.97. The molecule has 3 heterocycles. The number of hydrogen-bond donors (Lipinski definition) is 1. The lowest BCUT2D eigenvalue weighted by Gasteiger charge is -2.23. The number of fused-ring (bicyclic) bond motifs is 2. The molecule has 2 aliphatic rings.